The minimum absolute atomic E-state index is 0.191. The molecule has 0 saturated carbocycles. The molecule has 0 aliphatic heterocycles. The number of anilines is 1. The van der Waals surface area contributed by atoms with E-state index >= 15 is 0 Å². The molecule has 1 aromatic carbocycles. The molecule has 8 heteroatoms. The van der Waals surface area contributed by atoms with Crippen molar-refractivity contribution in [2.24, 2.45) is 0 Å². The number of nitrogens with zero attached hydrogens (tertiary/aromatic N) is 1. The van der Waals surface area contributed by atoms with Crippen molar-refractivity contribution in [3.63, 3.8) is 0 Å². The van der Waals surface area contributed by atoms with Gasteiger partial charge in [-0.05, 0) is 23.6 Å². The second-order valence-corrected chi connectivity index (χ2v) is 4.95. The van der Waals surface area contributed by atoms with E-state index < -0.39 is 22.4 Å². The average Bonchev–Trinajstić information content (AvgIpc) is 2.88. The van der Waals surface area contributed by atoms with Crippen molar-refractivity contribution in [3.05, 3.63) is 56.3 Å². The van der Waals surface area contributed by atoms with E-state index in [9.17, 15) is 23.3 Å². The zero-order valence-electron chi connectivity index (χ0n) is 9.98. The second-order valence-electron chi connectivity index (χ2n) is 3.92. The highest BCUT2D eigenvalue weighted by atomic mass is 32.1. The zero-order chi connectivity index (χ0) is 14.8. The summed E-state index contributed by atoms with van der Waals surface area (Å²) in [5.74, 6) is 0. The van der Waals surface area contributed by atoms with Crippen molar-refractivity contribution < 1.29 is 18.1 Å². The maximum atomic E-state index is 12.8. The Hall–Kier alpha value is -2.09. The number of rotatable bonds is 4. The van der Waals surface area contributed by atoms with Crippen LogP contribution in [-0.2, 0) is 12.7 Å². The summed E-state index contributed by atoms with van der Waals surface area (Å²) in [6.07, 6.45) is -4.76. The van der Waals surface area contributed by atoms with Crippen molar-refractivity contribution >= 4 is 22.7 Å². The van der Waals surface area contributed by atoms with Crippen molar-refractivity contribution in [2.45, 2.75) is 12.7 Å². The highest BCUT2D eigenvalue weighted by molar-refractivity contribution is 7.09. The fourth-order valence-electron chi connectivity index (χ4n) is 1.63. The minimum Gasteiger partial charge on any atom is -0.380 e. The molecule has 0 aliphatic carbocycles. The van der Waals surface area contributed by atoms with E-state index in [1.165, 1.54) is 17.4 Å². The Balaban J connectivity index is 2.25. The van der Waals surface area contributed by atoms with Gasteiger partial charge in [0.2, 0.25) is 0 Å². The van der Waals surface area contributed by atoms with Crippen molar-refractivity contribution in [1.82, 2.24) is 0 Å². The molecule has 0 atom stereocenters. The van der Waals surface area contributed by atoms with Crippen molar-refractivity contribution in [3.8, 4) is 0 Å². The van der Waals surface area contributed by atoms with Gasteiger partial charge in [-0.15, -0.1) is 11.3 Å². The van der Waals surface area contributed by atoms with Crippen LogP contribution in [0.25, 0.3) is 0 Å². The van der Waals surface area contributed by atoms with Crippen molar-refractivity contribution in [1.29, 1.82) is 0 Å². The van der Waals surface area contributed by atoms with Crippen LogP contribution >= 0.6 is 11.3 Å². The fourth-order valence-corrected chi connectivity index (χ4v) is 2.28. The standard InChI is InChI=1S/C12H9F3N2O2S/c13-12(14,15)10-6-8(3-4-11(10)17(18)19)16-7-9-2-1-5-20-9/h1-6,16H,7H2. The molecule has 0 bridgehead atoms. The van der Waals surface area contributed by atoms with E-state index in [0.29, 0.717) is 6.54 Å². The minimum atomic E-state index is -4.76. The molecule has 1 aromatic heterocycles. The maximum absolute atomic E-state index is 12.8. The molecular formula is C12H9F3N2O2S. The first kappa shape index (κ1) is 14.3. The smallest absolute Gasteiger partial charge is 0.380 e. The summed E-state index contributed by atoms with van der Waals surface area (Å²) in [6, 6.07) is 6.55. The summed E-state index contributed by atoms with van der Waals surface area (Å²) >= 11 is 1.47. The Labute approximate surface area is 116 Å². The van der Waals surface area contributed by atoms with Gasteiger partial charge in [-0.2, -0.15) is 13.2 Å². The number of benzene rings is 1. The topological polar surface area (TPSA) is 55.2 Å². The predicted molar refractivity (Wildman–Crippen MR) is 69.7 cm³/mol. The van der Waals surface area contributed by atoms with Crippen LogP contribution in [0, 0.1) is 10.1 Å². The van der Waals surface area contributed by atoms with Gasteiger partial charge in [0.1, 0.15) is 5.56 Å². The molecule has 0 saturated heterocycles. The van der Waals surface area contributed by atoms with Gasteiger partial charge in [0.15, 0.2) is 0 Å². The van der Waals surface area contributed by atoms with Crippen LogP contribution in [0.2, 0.25) is 0 Å². The van der Waals surface area contributed by atoms with Gasteiger partial charge in [-0.1, -0.05) is 6.07 Å². The number of hydrogen-bond acceptors (Lipinski definition) is 4. The van der Waals surface area contributed by atoms with Crippen LogP contribution in [0.15, 0.2) is 35.7 Å². The average molecular weight is 302 g/mol. The number of halogens is 3. The molecule has 1 N–H and O–H groups in total. The molecule has 0 radical (unpaired) electrons. The van der Waals surface area contributed by atoms with E-state index in [4.69, 9.17) is 0 Å². The Bertz CT molecular complexity index is 612. The molecule has 0 fully saturated rings. The van der Waals surface area contributed by atoms with Gasteiger partial charge in [-0.25, -0.2) is 0 Å². The molecular weight excluding hydrogens is 293 g/mol. The van der Waals surface area contributed by atoms with E-state index in [0.717, 1.165) is 17.0 Å². The largest absolute Gasteiger partial charge is 0.423 e. The van der Waals surface area contributed by atoms with Gasteiger partial charge in [0.25, 0.3) is 5.69 Å². The summed E-state index contributed by atoms with van der Waals surface area (Å²) in [5, 5.41) is 15.3. The maximum Gasteiger partial charge on any atom is 0.423 e. The quantitative estimate of drug-likeness (QED) is 0.677. The molecule has 0 unspecified atom stereocenters. The molecule has 1 heterocycles. The summed E-state index contributed by atoms with van der Waals surface area (Å²) in [6.45, 7) is 0.368. The lowest BCUT2D eigenvalue weighted by Gasteiger charge is -2.10. The summed E-state index contributed by atoms with van der Waals surface area (Å²) < 4.78 is 38.3. The summed E-state index contributed by atoms with van der Waals surface area (Å²) in [5.41, 5.74) is -2.01. The van der Waals surface area contributed by atoms with E-state index in [1.807, 2.05) is 17.5 Å². The number of nitro benzene ring substituents is 1. The van der Waals surface area contributed by atoms with E-state index in [2.05, 4.69) is 5.32 Å². The summed E-state index contributed by atoms with van der Waals surface area (Å²) in [4.78, 5) is 10.5. The van der Waals surface area contributed by atoms with E-state index in [1.54, 1.807) is 0 Å². The molecule has 2 aromatic rings. The zero-order valence-corrected chi connectivity index (χ0v) is 10.8. The van der Waals surface area contributed by atoms with Gasteiger partial charge in [-0.3, -0.25) is 10.1 Å². The molecule has 106 valence electrons. The highest BCUT2D eigenvalue weighted by Gasteiger charge is 2.38. The lowest BCUT2D eigenvalue weighted by atomic mass is 10.1. The lowest BCUT2D eigenvalue weighted by Crippen LogP contribution is -2.10. The number of nitro groups is 1. The first-order chi connectivity index (χ1) is 9.38. The normalized spacial score (nSPS) is 11.3. The van der Waals surface area contributed by atoms with Gasteiger partial charge >= 0.3 is 6.18 Å². The highest BCUT2D eigenvalue weighted by Crippen LogP contribution is 2.37. The predicted octanol–water partition coefficient (Wildman–Crippen LogP) is 4.29. The first-order valence-electron chi connectivity index (χ1n) is 5.50. The monoisotopic (exact) mass is 302 g/mol. The lowest BCUT2D eigenvalue weighted by molar-refractivity contribution is -0.388. The second kappa shape index (κ2) is 5.49. The van der Waals surface area contributed by atoms with Crippen LogP contribution in [0.4, 0.5) is 24.5 Å². The number of alkyl halides is 3. The van der Waals surface area contributed by atoms with Crippen molar-refractivity contribution in [2.75, 3.05) is 5.32 Å². The number of nitrogens with one attached hydrogen (secondary N) is 1. The van der Waals surface area contributed by atoms with Crippen LogP contribution in [0.1, 0.15) is 10.4 Å². The SMILES string of the molecule is O=[N+]([O-])c1ccc(NCc2cccs2)cc1C(F)(F)F. The number of thiophene rings is 1. The Morgan fingerprint density at radius 1 is 1.30 bits per heavy atom. The van der Waals surface area contributed by atoms with Gasteiger partial charge in [0.05, 0.1) is 4.92 Å². The van der Waals surface area contributed by atoms with Crippen LogP contribution in [0.5, 0.6) is 0 Å². The molecule has 2 rings (SSSR count). The Morgan fingerprint density at radius 3 is 2.60 bits per heavy atom. The molecule has 4 nitrogen and oxygen atoms in total. The Kier molecular flexibility index (Phi) is 3.93. The first-order valence-corrected chi connectivity index (χ1v) is 6.38. The third kappa shape index (κ3) is 3.27. The van der Waals surface area contributed by atoms with Gasteiger partial charge in [0, 0.05) is 23.2 Å². The van der Waals surface area contributed by atoms with Crippen LogP contribution in [0.3, 0.4) is 0 Å². The molecule has 0 amide bonds. The van der Waals surface area contributed by atoms with Gasteiger partial charge < -0.3 is 5.32 Å². The third-order valence-electron chi connectivity index (χ3n) is 2.55. The molecule has 0 spiro atoms. The Morgan fingerprint density at radius 2 is 2.05 bits per heavy atom. The third-order valence-corrected chi connectivity index (χ3v) is 3.42. The summed E-state index contributed by atoms with van der Waals surface area (Å²) in [7, 11) is 0. The van der Waals surface area contributed by atoms with Crippen LogP contribution in [-0.4, -0.2) is 4.92 Å². The molecule has 20 heavy (non-hydrogen) atoms. The van der Waals surface area contributed by atoms with E-state index in [-0.39, 0.29) is 5.69 Å². The molecule has 0 aliphatic rings. The van der Waals surface area contributed by atoms with Crippen LogP contribution < -0.4 is 5.32 Å². The number of hydrogen-bond donors (Lipinski definition) is 1. The fraction of sp³-hybridized carbons (Fsp3) is 0.167.